The van der Waals surface area contributed by atoms with E-state index in [0.717, 1.165) is 6.07 Å². The van der Waals surface area contributed by atoms with Crippen molar-refractivity contribution in [2.75, 3.05) is 12.5 Å². The Hall–Kier alpha value is -3.69. The minimum Gasteiger partial charge on any atom is -0.503 e. The molecule has 2 aromatic rings. The Balaban J connectivity index is 1.97. The van der Waals surface area contributed by atoms with E-state index in [-0.39, 0.29) is 35.7 Å². The summed E-state index contributed by atoms with van der Waals surface area (Å²) in [6, 6.07) is 2.52. The second-order valence-corrected chi connectivity index (χ2v) is 7.36. The van der Waals surface area contributed by atoms with Crippen molar-refractivity contribution < 1.29 is 18.7 Å². The van der Waals surface area contributed by atoms with Crippen molar-refractivity contribution in [1.29, 1.82) is 5.41 Å². The molecule has 164 valence electrons. The summed E-state index contributed by atoms with van der Waals surface area (Å²) in [4.78, 5) is 26.9. The van der Waals surface area contributed by atoms with E-state index >= 15 is 0 Å². The van der Waals surface area contributed by atoms with E-state index < -0.39 is 34.3 Å². The third kappa shape index (κ3) is 4.42. The molecule has 1 aromatic heterocycles. The van der Waals surface area contributed by atoms with Crippen LogP contribution in [-0.2, 0) is 6.54 Å². The van der Waals surface area contributed by atoms with Gasteiger partial charge in [0.05, 0.1) is 6.04 Å². The fourth-order valence-electron chi connectivity index (χ4n) is 3.12. The molecule has 8 nitrogen and oxygen atoms in total. The van der Waals surface area contributed by atoms with Gasteiger partial charge in [0.1, 0.15) is 22.9 Å². The van der Waals surface area contributed by atoms with Gasteiger partial charge in [-0.05, 0) is 19.9 Å². The van der Waals surface area contributed by atoms with E-state index in [1.807, 2.05) is 26.0 Å². The number of rotatable bonds is 3. The van der Waals surface area contributed by atoms with Crippen LogP contribution >= 0.6 is 0 Å². The van der Waals surface area contributed by atoms with Crippen LogP contribution in [0, 0.1) is 17.0 Å². The van der Waals surface area contributed by atoms with Crippen LogP contribution in [0.2, 0.25) is 0 Å². The maximum atomic E-state index is 13.8. The van der Waals surface area contributed by atoms with Gasteiger partial charge in [0.25, 0.3) is 5.91 Å². The normalized spacial score (nSPS) is 19.5. The molecule has 0 spiro atoms. The summed E-state index contributed by atoms with van der Waals surface area (Å²) in [5.74, 6) is -3.30. The van der Waals surface area contributed by atoms with E-state index in [4.69, 9.17) is 5.41 Å². The quantitative estimate of drug-likeness (QED) is 0.555. The molecular formula is C21H23F2N5O3. The summed E-state index contributed by atoms with van der Waals surface area (Å²) in [5, 5.41) is 21.4. The van der Waals surface area contributed by atoms with E-state index in [9.17, 15) is 23.5 Å². The summed E-state index contributed by atoms with van der Waals surface area (Å²) >= 11 is 0. The number of fused-ring (bicyclic) bond motifs is 1. The molecule has 0 radical (unpaired) electrons. The summed E-state index contributed by atoms with van der Waals surface area (Å²) in [6.07, 6.45) is 4.92. The molecule has 31 heavy (non-hydrogen) atoms. The van der Waals surface area contributed by atoms with Gasteiger partial charge in [-0.15, -0.1) is 0 Å². The topological polar surface area (TPSA) is 110 Å². The lowest BCUT2D eigenvalue weighted by atomic mass is 10.1. The first-order valence-electron chi connectivity index (χ1n) is 9.57. The molecule has 4 N–H and O–H groups in total. The number of likely N-dealkylation sites (N-methyl/N-ethyl adjacent to an activating group) is 1. The summed E-state index contributed by atoms with van der Waals surface area (Å²) in [5.41, 5.74) is 1.60. The molecule has 0 unspecified atom stereocenters. The van der Waals surface area contributed by atoms with Gasteiger partial charge in [-0.1, -0.05) is 18.2 Å². The van der Waals surface area contributed by atoms with E-state index in [1.165, 1.54) is 16.9 Å². The molecule has 3 rings (SSSR count). The Morgan fingerprint density at radius 2 is 2.00 bits per heavy atom. The second kappa shape index (κ2) is 8.58. The Labute approximate surface area is 177 Å². The number of amidine groups is 1. The molecule has 1 aliphatic heterocycles. The molecule has 2 atom stereocenters. The predicted molar refractivity (Wildman–Crippen MR) is 112 cm³/mol. The maximum absolute atomic E-state index is 13.8. The number of halogens is 2. The van der Waals surface area contributed by atoms with Gasteiger partial charge >= 0.3 is 0 Å². The number of benzene rings is 1. The first-order valence-corrected chi connectivity index (χ1v) is 9.57. The van der Waals surface area contributed by atoms with Gasteiger partial charge in [0.15, 0.2) is 11.6 Å². The number of hydrogen-bond donors (Lipinski definition) is 4. The van der Waals surface area contributed by atoms with Crippen LogP contribution in [-0.4, -0.2) is 45.6 Å². The van der Waals surface area contributed by atoms with Gasteiger partial charge in [-0.2, -0.15) is 0 Å². The molecule has 0 saturated heterocycles. The third-order valence-corrected chi connectivity index (χ3v) is 5.09. The maximum Gasteiger partial charge on any atom is 0.257 e. The van der Waals surface area contributed by atoms with Crippen LogP contribution in [0.3, 0.4) is 0 Å². The Bertz CT molecular complexity index is 1130. The van der Waals surface area contributed by atoms with Crippen LogP contribution in [0.4, 0.5) is 8.78 Å². The number of carbonyl (C=O) groups is 1. The predicted octanol–water partition coefficient (Wildman–Crippen LogP) is 1.91. The molecule has 10 heteroatoms. The van der Waals surface area contributed by atoms with Gasteiger partial charge in [-0.3, -0.25) is 19.7 Å². The summed E-state index contributed by atoms with van der Waals surface area (Å²) in [7, 11) is 1.65. The van der Waals surface area contributed by atoms with E-state index in [1.54, 1.807) is 11.9 Å². The van der Waals surface area contributed by atoms with E-state index in [0.29, 0.717) is 6.07 Å². The summed E-state index contributed by atoms with van der Waals surface area (Å²) < 4.78 is 28.1. The van der Waals surface area contributed by atoms with Crippen molar-refractivity contribution in [3.8, 4) is 5.75 Å². The highest BCUT2D eigenvalue weighted by Gasteiger charge is 2.26. The Morgan fingerprint density at radius 1 is 1.29 bits per heavy atom. The second-order valence-electron chi connectivity index (χ2n) is 7.36. The third-order valence-electron chi connectivity index (χ3n) is 5.09. The monoisotopic (exact) mass is 431 g/mol. The van der Waals surface area contributed by atoms with Crippen LogP contribution in [0.5, 0.6) is 5.75 Å². The lowest BCUT2D eigenvalue weighted by Gasteiger charge is -2.26. The number of hydrogen-bond acceptors (Lipinski definition) is 5. The zero-order chi connectivity index (χ0) is 22.9. The van der Waals surface area contributed by atoms with Crippen molar-refractivity contribution in [2.24, 2.45) is 0 Å². The lowest BCUT2D eigenvalue weighted by molar-refractivity contribution is 0.0948. The number of aromatic nitrogens is 1. The molecule has 0 saturated carbocycles. The fourth-order valence-corrected chi connectivity index (χ4v) is 3.12. The first kappa shape index (κ1) is 22.0. The minimum absolute atomic E-state index is 0.0380. The zero-order valence-corrected chi connectivity index (χ0v) is 17.2. The Kier molecular flexibility index (Phi) is 6.09. The van der Waals surface area contributed by atoms with Gasteiger partial charge < -0.3 is 20.7 Å². The standard InChI is InChI=1S/C21H23F2N5O3/c1-11-4-5-12(2)27(3)20(24)17-19(30)18(29)15(10-28(17)26-11)21(31)25-9-13-6-7-14(22)8-16(13)23/h4-8,10-12,24,26,30H,9H2,1-3H3,(H,25,31)/b5-4-,24-20?/t11-,12-/m0/s1. The largest absolute Gasteiger partial charge is 0.503 e. The number of nitrogens with one attached hydrogen (secondary N) is 3. The molecule has 0 fully saturated rings. The van der Waals surface area contributed by atoms with Gasteiger partial charge in [0.2, 0.25) is 5.43 Å². The highest BCUT2D eigenvalue weighted by atomic mass is 19.1. The van der Waals surface area contributed by atoms with Crippen LogP contribution in [0.1, 0.15) is 35.5 Å². The van der Waals surface area contributed by atoms with Crippen LogP contribution in [0.25, 0.3) is 0 Å². The minimum atomic E-state index is -0.962. The average Bonchev–Trinajstić information content (AvgIpc) is 2.75. The molecule has 2 heterocycles. The van der Waals surface area contributed by atoms with Crippen molar-refractivity contribution in [1.82, 2.24) is 14.9 Å². The molecule has 1 aromatic carbocycles. The van der Waals surface area contributed by atoms with Crippen molar-refractivity contribution in [3.63, 3.8) is 0 Å². The van der Waals surface area contributed by atoms with Crippen molar-refractivity contribution >= 4 is 11.7 Å². The number of amides is 1. The Morgan fingerprint density at radius 3 is 2.68 bits per heavy atom. The number of pyridine rings is 1. The van der Waals surface area contributed by atoms with Gasteiger partial charge in [0, 0.05) is 37.5 Å². The van der Waals surface area contributed by atoms with Crippen LogP contribution in [0.15, 0.2) is 41.3 Å². The van der Waals surface area contributed by atoms with Crippen LogP contribution < -0.4 is 16.2 Å². The zero-order valence-electron chi connectivity index (χ0n) is 17.2. The molecular weight excluding hydrogens is 408 g/mol. The number of carbonyl (C=O) groups excluding carboxylic acids is 1. The highest BCUT2D eigenvalue weighted by molar-refractivity contribution is 6.00. The van der Waals surface area contributed by atoms with Crippen molar-refractivity contribution in [2.45, 2.75) is 32.5 Å². The highest BCUT2D eigenvalue weighted by Crippen LogP contribution is 2.18. The molecule has 1 amide bonds. The number of aromatic hydroxyl groups is 1. The number of nitrogens with zero attached hydrogens (tertiary/aromatic N) is 2. The summed E-state index contributed by atoms with van der Waals surface area (Å²) in [6.45, 7) is 3.41. The fraction of sp³-hybridized carbons (Fsp3) is 0.286. The van der Waals surface area contributed by atoms with E-state index in [2.05, 4.69) is 10.7 Å². The van der Waals surface area contributed by atoms with Crippen molar-refractivity contribution in [3.05, 3.63) is 75.2 Å². The smallest absolute Gasteiger partial charge is 0.257 e. The molecule has 0 bridgehead atoms. The average molecular weight is 431 g/mol. The SMILES string of the molecule is C[C@H]1/C=C\[C@H](C)N(C)C(=N)c2c(O)c(=O)c(C(=O)NCc3ccc(F)cc3F)cn2N1. The molecule has 1 aliphatic rings. The first-order chi connectivity index (χ1) is 14.6. The van der Waals surface area contributed by atoms with Gasteiger partial charge in [-0.25, -0.2) is 8.78 Å². The molecule has 0 aliphatic carbocycles. The lowest BCUT2D eigenvalue weighted by Crippen LogP contribution is -2.39.